The third-order valence-corrected chi connectivity index (χ3v) is 3.85. The molecule has 0 radical (unpaired) electrons. The van der Waals surface area contributed by atoms with E-state index >= 15 is 0 Å². The standard InChI is InChI=1S/C13H14Cl2N2O/c1-8-3-6-12(17(8)2)13(18)16-9-4-5-10(14)11(15)7-9/h3-8,12H,1-2H3,(H,16,18)/t8-,12+/m0/s1. The molecule has 0 saturated carbocycles. The number of nitrogens with zero attached hydrogens (tertiary/aromatic N) is 1. The van der Waals surface area contributed by atoms with E-state index in [-0.39, 0.29) is 18.0 Å². The van der Waals surface area contributed by atoms with E-state index in [9.17, 15) is 4.79 Å². The maximum Gasteiger partial charge on any atom is 0.245 e. The van der Waals surface area contributed by atoms with Crippen molar-refractivity contribution < 1.29 is 4.79 Å². The van der Waals surface area contributed by atoms with Gasteiger partial charge in [-0.05, 0) is 32.2 Å². The number of benzene rings is 1. The molecule has 2 atom stereocenters. The molecule has 1 amide bonds. The van der Waals surface area contributed by atoms with Crippen LogP contribution in [-0.2, 0) is 4.79 Å². The summed E-state index contributed by atoms with van der Waals surface area (Å²) in [5.41, 5.74) is 0.649. The van der Waals surface area contributed by atoms with E-state index in [1.165, 1.54) is 0 Å². The minimum Gasteiger partial charge on any atom is -0.324 e. The Balaban J connectivity index is 2.08. The van der Waals surface area contributed by atoms with Gasteiger partial charge in [-0.3, -0.25) is 9.69 Å². The van der Waals surface area contributed by atoms with Crippen molar-refractivity contribution in [3.8, 4) is 0 Å². The van der Waals surface area contributed by atoms with Crippen molar-refractivity contribution in [3.05, 3.63) is 40.4 Å². The molecule has 0 bridgehead atoms. The Hall–Kier alpha value is -1.03. The zero-order valence-electron chi connectivity index (χ0n) is 10.2. The van der Waals surface area contributed by atoms with E-state index in [0.29, 0.717) is 15.7 Å². The lowest BCUT2D eigenvalue weighted by Crippen LogP contribution is -2.40. The molecule has 1 aliphatic rings. The summed E-state index contributed by atoms with van der Waals surface area (Å²) in [6.07, 6.45) is 3.91. The first kappa shape index (κ1) is 13.4. The lowest BCUT2D eigenvalue weighted by Gasteiger charge is -2.22. The van der Waals surface area contributed by atoms with Crippen LogP contribution in [0.1, 0.15) is 6.92 Å². The van der Waals surface area contributed by atoms with Crippen LogP contribution in [0.5, 0.6) is 0 Å². The number of hydrogen-bond donors (Lipinski definition) is 1. The highest BCUT2D eigenvalue weighted by Gasteiger charge is 2.27. The molecule has 18 heavy (non-hydrogen) atoms. The fourth-order valence-corrected chi connectivity index (χ4v) is 2.15. The van der Waals surface area contributed by atoms with Gasteiger partial charge in [0.1, 0.15) is 6.04 Å². The highest BCUT2D eigenvalue weighted by atomic mass is 35.5. The fraction of sp³-hybridized carbons (Fsp3) is 0.308. The third-order valence-electron chi connectivity index (χ3n) is 3.11. The molecule has 1 aliphatic heterocycles. The summed E-state index contributed by atoms with van der Waals surface area (Å²) < 4.78 is 0. The molecule has 3 nitrogen and oxygen atoms in total. The van der Waals surface area contributed by atoms with E-state index in [4.69, 9.17) is 23.2 Å². The van der Waals surface area contributed by atoms with Crippen LogP contribution >= 0.6 is 23.2 Å². The molecule has 1 aromatic rings. The van der Waals surface area contributed by atoms with Gasteiger partial charge in [-0.1, -0.05) is 35.4 Å². The second-order valence-electron chi connectivity index (χ2n) is 4.35. The Labute approximate surface area is 116 Å². The SMILES string of the molecule is C[C@H]1C=C[C@H](C(=O)Nc2ccc(Cl)c(Cl)c2)N1C. The van der Waals surface area contributed by atoms with E-state index in [2.05, 4.69) is 5.32 Å². The molecule has 0 unspecified atom stereocenters. The first-order valence-corrected chi connectivity index (χ1v) is 6.41. The van der Waals surface area contributed by atoms with Crippen LogP contribution in [0.15, 0.2) is 30.4 Å². The molecular weight excluding hydrogens is 271 g/mol. The van der Waals surface area contributed by atoms with E-state index < -0.39 is 0 Å². The minimum absolute atomic E-state index is 0.0727. The fourth-order valence-electron chi connectivity index (χ4n) is 1.85. The second-order valence-corrected chi connectivity index (χ2v) is 5.17. The number of nitrogens with one attached hydrogen (secondary N) is 1. The van der Waals surface area contributed by atoms with Gasteiger partial charge in [-0.25, -0.2) is 0 Å². The van der Waals surface area contributed by atoms with Crippen molar-refractivity contribution in [2.24, 2.45) is 0 Å². The van der Waals surface area contributed by atoms with Crippen LogP contribution in [0, 0.1) is 0 Å². The second kappa shape index (κ2) is 5.31. The van der Waals surface area contributed by atoms with Gasteiger partial charge in [0.25, 0.3) is 0 Å². The largest absolute Gasteiger partial charge is 0.324 e. The Bertz CT molecular complexity index is 502. The van der Waals surface area contributed by atoms with E-state index in [1.54, 1.807) is 18.2 Å². The normalized spacial score (nSPS) is 23.3. The molecule has 0 spiro atoms. The van der Waals surface area contributed by atoms with Crippen LogP contribution in [0.25, 0.3) is 0 Å². The molecule has 0 aliphatic carbocycles. The summed E-state index contributed by atoms with van der Waals surface area (Å²) in [6.45, 7) is 2.04. The van der Waals surface area contributed by atoms with Crippen LogP contribution in [0.4, 0.5) is 5.69 Å². The number of amides is 1. The number of likely N-dealkylation sites (N-methyl/N-ethyl adjacent to an activating group) is 1. The maximum absolute atomic E-state index is 12.1. The highest BCUT2D eigenvalue weighted by molar-refractivity contribution is 6.42. The molecule has 1 N–H and O–H groups in total. The Morgan fingerprint density at radius 1 is 1.28 bits per heavy atom. The molecule has 0 saturated heterocycles. The quantitative estimate of drug-likeness (QED) is 0.846. The first-order valence-electron chi connectivity index (χ1n) is 5.65. The molecule has 0 fully saturated rings. The van der Waals surface area contributed by atoms with Crippen molar-refractivity contribution in [2.75, 3.05) is 12.4 Å². The van der Waals surface area contributed by atoms with Crippen molar-refractivity contribution in [1.29, 1.82) is 0 Å². The van der Waals surface area contributed by atoms with Gasteiger partial charge in [0.05, 0.1) is 10.0 Å². The van der Waals surface area contributed by atoms with Crippen LogP contribution in [0.3, 0.4) is 0 Å². The monoisotopic (exact) mass is 284 g/mol. The van der Waals surface area contributed by atoms with E-state index in [1.807, 2.05) is 31.0 Å². The minimum atomic E-state index is -0.241. The average molecular weight is 285 g/mol. The molecule has 2 rings (SSSR count). The number of hydrogen-bond acceptors (Lipinski definition) is 2. The number of anilines is 1. The molecule has 96 valence electrons. The first-order chi connectivity index (χ1) is 8.49. The summed E-state index contributed by atoms with van der Waals surface area (Å²) in [7, 11) is 1.92. The topological polar surface area (TPSA) is 32.3 Å². The summed E-state index contributed by atoms with van der Waals surface area (Å²) >= 11 is 11.7. The zero-order chi connectivity index (χ0) is 13.3. The summed E-state index contributed by atoms with van der Waals surface area (Å²) in [5, 5.41) is 3.73. The lowest BCUT2D eigenvalue weighted by atomic mass is 10.2. The molecule has 0 aromatic heterocycles. The van der Waals surface area contributed by atoms with Gasteiger partial charge >= 0.3 is 0 Å². The average Bonchev–Trinajstić information content (AvgIpc) is 2.65. The van der Waals surface area contributed by atoms with Crippen LogP contribution in [-0.4, -0.2) is 29.9 Å². The third kappa shape index (κ3) is 2.69. The Kier molecular flexibility index (Phi) is 3.95. The number of carbonyl (C=O) groups excluding carboxylic acids is 1. The van der Waals surface area contributed by atoms with Crippen molar-refractivity contribution in [3.63, 3.8) is 0 Å². The van der Waals surface area contributed by atoms with Gasteiger partial charge in [0, 0.05) is 11.7 Å². The van der Waals surface area contributed by atoms with Gasteiger partial charge < -0.3 is 5.32 Å². The smallest absolute Gasteiger partial charge is 0.245 e. The van der Waals surface area contributed by atoms with Crippen molar-refractivity contribution in [1.82, 2.24) is 4.90 Å². The number of rotatable bonds is 2. The number of halogens is 2. The maximum atomic E-state index is 12.1. The molecular formula is C13H14Cl2N2O. The summed E-state index contributed by atoms with van der Waals surface area (Å²) in [6, 6.07) is 5.07. The predicted molar refractivity (Wildman–Crippen MR) is 75.2 cm³/mol. The molecule has 5 heteroatoms. The Morgan fingerprint density at radius 3 is 2.56 bits per heavy atom. The van der Waals surface area contributed by atoms with Gasteiger partial charge in [0.15, 0.2) is 0 Å². The van der Waals surface area contributed by atoms with Crippen molar-refractivity contribution in [2.45, 2.75) is 19.0 Å². The van der Waals surface area contributed by atoms with Gasteiger partial charge in [0.2, 0.25) is 5.91 Å². The van der Waals surface area contributed by atoms with Gasteiger partial charge in [-0.15, -0.1) is 0 Å². The molecule has 1 aromatic carbocycles. The van der Waals surface area contributed by atoms with E-state index in [0.717, 1.165) is 0 Å². The van der Waals surface area contributed by atoms with Gasteiger partial charge in [-0.2, -0.15) is 0 Å². The summed E-state index contributed by atoms with van der Waals surface area (Å²) in [4.78, 5) is 14.1. The predicted octanol–water partition coefficient (Wildman–Crippen LogP) is 3.19. The highest BCUT2D eigenvalue weighted by Crippen LogP contribution is 2.25. The van der Waals surface area contributed by atoms with Crippen molar-refractivity contribution >= 4 is 34.8 Å². The zero-order valence-corrected chi connectivity index (χ0v) is 11.7. The van der Waals surface area contributed by atoms with Crippen LogP contribution < -0.4 is 5.32 Å². The Morgan fingerprint density at radius 2 is 2.00 bits per heavy atom. The van der Waals surface area contributed by atoms with Crippen LogP contribution in [0.2, 0.25) is 10.0 Å². The summed E-state index contributed by atoms with van der Waals surface area (Å²) in [5.74, 6) is -0.0727. The number of carbonyl (C=O) groups is 1. The lowest BCUT2D eigenvalue weighted by molar-refractivity contribution is -0.119. The molecule has 1 heterocycles.